The van der Waals surface area contributed by atoms with Crippen molar-refractivity contribution in [2.24, 2.45) is 5.73 Å². The molecule has 0 aliphatic heterocycles. The molecule has 0 atom stereocenters. The summed E-state index contributed by atoms with van der Waals surface area (Å²) in [6, 6.07) is 13.1. The highest BCUT2D eigenvalue weighted by Gasteiger charge is 2.43. The van der Waals surface area contributed by atoms with Crippen LogP contribution in [-0.2, 0) is 16.8 Å². The maximum absolute atomic E-state index is 13.4. The molecule has 2 heterocycles. The fourth-order valence-corrected chi connectivity index (χ4v) is 4.20. The lowest BCUT2D eigenvalue weighted by Crippen LogP contribution is -2.19. The summed E-state index contributed by atoms with van der Waals surface area (Å²) in [4.78, 5) is 24.7. The van der Waals surface area contributed by atoms with E-state index >= 15 is 0 Å². The summed E-state index contributed by atoms with van der Waals surface area (Å²) in [5.41, 5.74) is 15.6. The summed E-state index contributed by atoms with van der Waals surface area (Å²) in [7, 11) is 0. The van der Waals surface area contributed by atoms with Gasteiger partial charge >= 0.3 is 0 Å². The first kappa shape index (κ1) is 23.3. The average molecular weight is 489 g/mol. The van der Waals surface area contributed by atoms with Crippen LogP contribution in [0, 0.1) is 12.7 Å². The van der Waals surface area contributed by atoms with Gasteiger partial charge in [0.15, 0.2) is 0 Å². The molecule has 184 valence electrons. The van der Waals surface area contributed by atoms with E-state index in [1.807, 2.05) is 6.92 Å². The number of anilines is 2. The maximum atomic E-state index is 13.4. The van der Waals surface area contributed by atoms with E-state index in [4.69, 9.17) is 16.0 Å². The minimum Gasteiger partial charge on any atom is -0.383 e. The molecule has 10 heteroatoms. The zero-order chi connectivity index (χ0) is 25.6. The van der Waals surface area contributed by atoms with Gasteiger partial charge in [0, 0.05) is 17.2 Å². The Bertz CT molecular complexity index is 1480. The molecule has 1 aliphatic rings. The summed E-state index contributed by atoms with van der Waals surface area (Å²) in [6.45, 7) is 3.80. The highest BCUT2D eigenvalue weighted by Crippen LogP contribution is 2.45. The lowest BCUT2D eigenvalue weighted by molar-refractivity contribution is -0.115. The number of hydrogen-bond acceptors (Lipinski definition) is 6. The normalized spacial score (nSPS) is 14.0. The number of rotatable bonds is 7. The van der Waals surface area contributed by atoms with Crippen molar-refractivity contribution >= 4 is 23.5 Å². The molecule has 0 radical (unpaired) electrons. The molecule has 5 rings (SSSR count). The first-order chi connectivity index (χ1) is 17.1. The Hall–Kier alpha value is -4.47. The zero-order valence-corrected chi connectivity index (χ0v) is 19.8. The third-order valence-electron chi connectivity index (χ3n) is 6.48. The lowest BCUT2D eigenvalue weighted by atomic mass is 10.0. The van der Waals surface area contributed by atoms with E-state index in [-0.39, 0.29) is 40.9 Å². The largest absolute Gasteiger partial charge is 0.383 e. The second kappa shape index (κ2) is 8.63. The first-order valence-electron chi connectivity index (χ1n) is 11.5. The molecule has 2 amide bonds. The van der Waals surface area contributed by atoms with Crippen LogP contribution in [0.1, 0.15) is 41.3 Å². The number of aryl methyl sites for hydroxylation is 1. The van der Waals surface area contributed by atoms with Crippen LogP contribution in [0.4, 0.5) is 16.1 Å². The van der Waals surface area contributed by atoms with Gasteiger partial charge in [-0.05, 0) is 56.0 Å². The standard InChI is InChI=1S/C26H25FN6O3/c1-14-11-17(27)7-8-18(14)19-13-21(36-32-19)30-20(34)12-15-3-5-16(6-4-15)23-22(25(29)35)24(28)33(31-23)26(2)9-10-26/h3-8,11,13H,9-10,12,28H2,1-2H3,(H2,29,35)(H,30,34). The van der Waals surface area contributed by atoms with Crippen molar-refractivity contribution in [2.75, 3.05) is 11.1 Å². The monoisotopic (exact) mass is 488 g/mol. The van der Waals surface area contributed by atoms with Gasteiger partial charge in [0.2, 0.25) is 11.8 Å². The molecule has 0 spiro atoms. The van der Waals surface area contributed by atoms with Gasteiger partial charge in [0.1, 0.15) is 28.6 Å². The number of nitrogens with zero attached hydrogens (tertiary/aromatic N) is 3. The van der Waals surface area contributed by atoms with E-state index in [0.717, 1.165) is 18.4 Å². The summed E-state index contributed by atoms with van der Waals surface area (Å²) in [6.07, 6.45) is 1.95. The first-order valence-corrected chi connectivity index (χ1v) is 11.5. The predicted octanol–water partition coefficient (Wildman–Crippen LogP) is 4.02. The number of halogens is 1. The van der Waals surface area contributed by atoms with Gasteiger partial charge in [-0.1, -0.05) is 29.4 Å². The van der Waals surface area contributed by atoms with Crippen molar-refractivity contribution in [3.63, 3.8) is 0 Å². The van der Waals surface area contributed by atoms with Crippen molar-refractivity contribution in [2.45, 2.75) is 38.6 Å². The highest BCUT2D eigenvalue weighted by molar-refractivity contribution is 6.03. The molecule has 0 unspecified atom stereocenters. The molecule has 9 nitrogen and oxygen atoms in total. The molecule has 1 fully saturated rings. The van der Waals surface area contributed by atoms with Crippen LogP contribution in [0.25, 0.3) is 22.5 Å². The number of carbonyl (C=O) groups is 2. The highest BCUT2D eigenvalue weighted by atomic mass is 19.1. The maximum Gasteiger partial charge on any atom is 0.254 e. The van der Waals surface area contributed by atoms with Crippen LogP contribution in [0.15, 0.2) is 53.1 Å². The SMILES string of the molecule is Cc1cc(F)ccc1-c1cc(NC(=O)Cc2ccc(-c3nn(C4(C)CC4)c(N)c3C(N)=O)cc2)on1. The van der Waals surface area contributed by atoms with Crippen LogP contribution < -0.4 is 16.8 Å². The van der Waals surface area contributed by atoms with Gasteiger partial charge in [-0.25, -0.2) is 9.07 Å². The molecule has 36 heavy (non-hydrogen) atoms. The fraction of sp³-hybridized carbons (Fsp3) is 0.231. The van der Waals surface area contributed by atoms with Crippen molar-refractivity contribution in [3.05, 3.63) is 71.0 Å². The number of primary amides is 1. The molecule has 0 saturated heterocycles. The van der Waals surface area contributed by atoms with Crippen molar-refractivity contribution in [3.8, 4) is 22.5 Å². The lowest BCUT2D eigenvalue weighted by Gasteiger charge is -2.10. The summed E-state index contributed by atoms with van der Waals surface area (Å²) in [5.74, 6) is -0.809. The smallest absolute Gasteiger partial charge is 0.254 e. The number of nitrogens with one attached hydrogen (secondary N) is 1. The number of nitrogens with two attached hydrogens (primary N) is 2. The van der Waals surface area contributed by atoms with Crippen molar-refractivity contribution in [1.29, 1.82) is 0 Å². The van der Waals surface area contributed by atoms with E-state index in [9.17, 15) is 14.0 Å². The molecular formula is C26H25FN6O3. The molecular weight excluding hydrogens is 463 g/mol. The van der Waals surface area contributed by atoms with Gasteiger partial charge in [-0.15, -0.1) is 0 Å². The predicted molar refractivity (Wildman–Crippen MR) is 132 cm³/mol. The van der Waals surface area contributed by atoms with E-state index in [0.29, 0.717) is 28.1 Å². The van der Waals surface area contributed by atoms with Gasteiger partial charge in [-0.3, -0.25) is 14.9 Å². The van der Waals surface area contributed by atoms with Crippen LogP contribution >= 0.6 is 0 Å². The third kappa shape index (κ3) is 4.33. The van der Waals surface area contributed by atoms with Crippen molar-refractivity contribution in [1.82, 2.24) is 14.9 Å². The number of amides is 2. The Balaban J connectivity index is 1.29. The summed E-state index contributed by atoms with van der Waals surface area (Å²) in [5, 5.41) is 11.2. The van der Waals surface area contributed by atoms with E-state index < -0.39 is 5.91 Å². The summed E-state index contributed by atoms with van der Waals surface area (Å²) >= 11 is 0. The minimum absolute atomic E-state index is 0.0865. The van der Waals surface area contributed by atoms with Crippen molar-refractivity contribution < 1.29 is 18.5 Å². The Morgan fingerprint density at radius 1 is 1.17 bits per heavy atom. The molecule has 0 bridgehead atoms. The molecule has 2 aromatic carbocycles. The topological polar surface area (TPSA) is 142 Å². The van der Waals surface area contributed by atoms with E-state index in [1.54, 1.807) is 48.0 Å². The van der Waals surface area contributed by atoms with Crippen LogP contribution in [-0.4, -0.2) is 26.8 Å². The average Bonchev–Trinajstić information content (AvgIpc) is 3.23. The number of aromatic nitrogens is 3. The van der Waals surface area contributed by atoms with Gasteiger partial charge in [0.05, 0.1) is 12.0 Å². The van der Waals surface area contributed by atoms with Crippen LogP contribution in [0.5, 0.6) is 0 Å². The Morgan fingerprint density at radius 2 is 1.89 bits per heavy atom. The number of benzene rings is 2. The van der Waals surface area contributed by atoms with Crippen LogP contribution in [0.3, 0.4) is 0 Å². The second-order valence-corrected chi connectivity index (χ2v) is 9.34. The number of hydrogen-bond donors (Lipinski definition) is 3. The van der Waals surface area contributed by atoms with E-state index in [1.165, 1.54) is 12.1 Å². The Morgan fingerprint density at radius 3 is 2.53 bits per heavy atom. The third-order valence-corrected chi connectivity index (χ3v) is 6.48. The summed E-state index contributed by atoms with van der Waals surface area (Å²) < 4.78 is 20.3. The minimum atomic E-state index is -0.635. The molecule has 4 aromatic rings. The quantitative estimate of drug-likeness (QED) is 0.359. The fourth-order valence-electron chi connectivity index (χ4n) is 4.20. The van der Waals surface area contributed by atoms with Crippen LogP contribution in [0.2, 0.25) is 0 Å². The van der Waals surface area contributed by atoms with Gasteiger partial charge in [0.25, 0.3) is 5.91 Å². The molecule has 2 aromatic heterocycles. The second-order valence-electron chi connectivity index (χ2n) is 9.34. The van der Waals surface area contributed by atoms with Gasteiger partial charge in [-0.2, -0.15) is 5.10 Å². The van der Waals surface area contributed by atoms with Gasteiger partial charge < -0.3 is 16.0 Å². The molecule has 1 saturated carbocycles. The Labute approximate surface area is 206 Å². The molecule has 5 N–H and O–H groups in total. The Kier molecular flexibility index (Phi) is 5.58. The zero-order valence-electron chi connectivity index (χ0n) is 19.8. The molecule has 1 aliphatic carbocycles. The van der Waals surface area contributed by atoms with E-state index in [2.05, 4.69) is 15.6 Å². The number of carbonyl (C=O) groups excluding carboxylic acids is 2. The number of nitrogen functional groups attached to an aromatic ring is 1.